The van der Waals surface area contributed by atoms with Crippen molar-refractivity contribution in [3.8, 4) is 95.2 Å². The normalized spacial score (nSPS) is 11.3. The van der Waals surface area contributed by atoms with Crippen LogP contribution in [0.1, 0.15) is 0 Å². The van der Waals surface area contributed by atoms with Gasteiger partial charge in [-0.25, -0.2) is 9.97 Å². The quantitative estimate of drug-likeness (QED) is 0.145. The molecule has 0 saturated heterocycles. The zero-order chi connectivity index (χ0) is 44.5. The second-order valence-corrected chi connectivity index (χ2v) is 17.0. The minimum atomic E-state index is 0.684. The van der Waals surface area contributed by atoms with Crippen molar-refractivity contribution in [3.63, 3.8) is 0 Å². The molecule has 0 aliphatic heterocycles. The average Bonchev–Trinajstić information content (AvgIpc) is 3.76. The molecule has 10 aromatic carbocycles. The maximum Gasteiger partial charge on any atom is 0.160 e. The number of hydrogen-bond donors (Lipinski definition) is 0. The Morgan fingerprint density at radius 2 is 0.597 bits per heavy atom. The van der Waals surface area contributed by atoms with E-state index < -0.39 is 0 Å². The van der Waals surface area contributed by atoms with Crippen molar-refractivity contribution >= 4 is 21.8 Å². The third-order valence-corrected chi connectivity index (χ3v) is 12.8. The number of benzene rings is 10. The van der Waals surface area contributed by atoms with Crippen LogP contribution in [0.25, 0.3) is 117 Å². The smallest absolute Gasteiger partial charge is 0.160 e. The Bertz CT molecular complexity index is 3500. The van der Waals surface area contributed by atoms with E-state index in [1.54, 1.807) is 0 Å². The molecule has 3 nitrogen and oxygen atoms in total. The molecule has 0 fully saturated rings. The largest absolute Gasteiger partial charge is 0.308 e. The van der Waals surface area contributed by atoms with E-state index in [4.69, 9.17) is 9.97 Å². The topological polar surface area (TPSA) is 30.7 Å². The predicted octanol–water partition coefficient (Wildman–Crippen LogP) is 16.9. The summed E-state index contributed by atoms with van der Waals surface area (Å²) in [5.74, 6) is 0.684. The second-order valence-electron chi connectivity index (χ2n) is 17.0. The lowest BCUT2D eigenvalue weighted by Crippen LogP contribution is -1.98. The van der Waals surface area contributed by atoms with Gasteiger partial charge in [0.2, 0.25) is 0 Å². The highest BCUT2D eigenvalue weighted by Crippen LogP contribution is 2.46. The Balaban J connectivity index is 1.11. The van der Waals surface area contributed by atoms with Gasteiger partial charge < -0.3 is 4.57 Å². The lowest BCUT2D eigenvalue weighted by molar-refractivity contribution is 1.18. The molecule has 0 N–H and O–H groups in total. The SMILES string of the molecule is c1ccc(-c2cc(-c3ccccc3)c3c(c2)c2cc(-c4ccccc4)cc(-c4ccccc4)c2n3-c2cccc(-c3cccc(-c4nc(-c5ccccc5)cc(-c5ccccc5)n4)c3)c2)cc1. The summed E-state index contributed by atoms with van der Waals surface area (Å²) in [7, 11) is 0. The highest BCUT2D eigenvalue weighted by atomic mass is 15.0. The zero-order valence-corrected chi connectivity index (χ0v) is 36.7. The fraction of sp³-hybridized carbons (Fsp3) is 0. The van der Waals surface area contributed by atoms with Crippen molar-refractivity contribution < 1.29 is 0 Å². The summed E-state index contributed by atoms with van der Waals surface area (Å²) in [6, 6.07) is 93.3. The van der Waals surface area contributed by atoms with E-state index in [0.717, 1.165) is 67.1 Å². The van der Waals surface area contributed by atoms with Crippen molar-refractivity contribution in [1.82, 2.24) is 14.5 Å². The van der Waals surface area contributed by atoms with Crippen LogP contribution in [0.4, 0.5) is 0 Å². The van der Waals surface area contributed by atoms with E-state index in [1.165, 1.54) is 44.2 Å². The van der Waals surface area contributed by atoms with E-state index in [0.29, 0.717) is 5.82 Å². The van der Waals surface area contributed by atoms with Gasteiger partial charge in [0, 0.05) is 44.3 Å². The molecule has 0 aliphatic carbocycles. The Morgan fingerprint density at radius 1 is 0.239 bits per heavy atom. The minimum Gasteiger partial charge on any atom is -0.308 e. The van der Waals surface area contributed by atoms with Crippen LogP contribution in [-0.4, -0.2) is 14.5 Å². The van der Waals surface area contributed by atoms with Crippen LogP contribution < -0.4 is 0 Å². The Kier molecular flexibility index (Phi) is 10.2. The van der Waals surface area contributed by atoms with Gasteiger partial charge in [-0.15, -0.1) is 0 Å². The van der Waals surface area contributed by atoms with Gasteiger partial charge in [-0.3, -0.25) is 0 Å². The van der Waals surface area contributed by atoms with E-state index in [2.05, 4.69) is 253 Å². The molecule has 12 rings (SSSR count). The molecule has 2 heterocycles. The van der Waals surface area contributed by atoms with Crippen LogP contribution in [0.2, 0.25) is 0 Å². The summed E-state index contributed by atoms with van der Waals surface area (Å²) in [6.07, 6.45) is 0. The van der Waals surface area contributed by atoms with Crippen LogP contribution in [0.3, 0.4) is 0 Å². The summed E-state index contributed by atoms with van der Waals surface area (Å²) in [4.78, 5) is 10.4. The number of fused-ring (bicyclic) bond motifs is 3. The first-order chi connectivity index (χ1) is 33.2. The molecule has 2 aromatic heterocycles. The first kappa shape index (κ1) is 39.7. The van der Waals surface area contributed by atoms with Gasteiger partial charge in [-0.1, -0.05) is 212 Å². The van der Waals surface area contributed by atoms with Crippen molar-refractivity contribution in [3.05, 3.63) is 261 Å². The van der Waals surface area contributed by atoms with Gasteiger partial charge in [-0.05, 0) is 93.0 Å². The fourth-order valence-electron chi connectivity index (χ4n) is 9.55. The molecule has 314 valence electrons. The molecule has 0 atom stereocenters. The standard InChI is InChI=1S/C64H43N3/c1-7-21-44(22-8-1)53-39-56(46-25-11-3-12-26-46)62-58(41-53)59-42-54(45-23-9-2-10-24-45)40-57(47-27-13-4-14-28-47)63(59)67(62)55-36-20-34-51(38-55)50-33-19-35-52(37-50)64-65-60(48-29-15-5-16-30-48)43-61(66-64)49-31-17-6-18-32-49/h1-43H. The zero-order valence-electron chi connectivity index (χ0n) is 36.7. The van der Waals surface area contributed by atoms with Crippen LogP contribution in [0.15, 0.2) is 261 Å². The second kappa shape index (κ2) is 17.2. The van der Waals surface area contributed by atoms with Gasteiger partial charge in [0.25, 0.3) is 0 Å². The van der Waals surface area contributed by atoms with Gasteiger partial charge in [0.1, 0.15) is 0 Å². The number of aromatic nitrogens is 3. The molecule has 0 bridgehead atoms. The van der Waals surface area contributed by atoms with Gasteiger partial charge in [0.05, 0.1) is 22.4 Å². The lowest BCUT2D eigenvalue weighted by atomic mass is 9.93. The summed E-state index contributed by atoms with van der Waals surface area (Å²) in [6.45, 7) is 0. The first-order valence-corrected chi connectivity index (χ1v) is 22.8. The van der Waals surface area contributed by atoms with Crippen LogP contribution >= 0.6 is 0 Å². The highest BCUT2D eigenvalue weighted by molar-refractivity contribution is 6.19. The summed E-state index contributed by atoms with van der Waals surface area (Å²) < 4.78 is 2.52. The number of rotatable bonds is 9. The van der Waals surface area contributed by atoms with E-state index in [-0.39, 0.29) is 0 Å². The maximum atomic E-state index is 5.18. The monoisotopic (exact) mass is 853 g/mol. The third-order valence-electron chi connectivity index (χ3n) is 12.8. The molecule has 0 radical (unpaired) electrons. The molecule has 0 unspecified atom stereocenters. The minimum absolute atomic E-state index is 0.684. The molecular formula is C64H43N3. The molecule has 0 aliphatic rings. The van der Waals surface area contributed by atoms with Gasteiger partial charge in [0.15, 0.2) is 5.82 Å². The van der Waals surface area contributed by atoms with E-state index in [9.17, 15) is 0 Å². The first-order valence-electron chi connectivity index (χ1n) is 22.8. The van der Waals surface area contributed by atoms with Crippen molar-refractivity contribution in [2.75, 3.05) is 0 Å². The Morgan fingerprint density at radius 3 is 1.04 bits per heavy atom. The molecule has 67 heavy (non-hydrogen) atoms. The van der Waals surface area contributed by atoms with E-state index in [1.807, 2.05) is 12.1 Å². The average molecular weight is 854 g/mol. The highest BCUT2D eigenvalue weighted by Gasteiger charge is 2.23. The molecule has 0 spiro atoms. The van der Waals surface area contributed by atoms with Crippen LogP contribution in [0.5, 0.6) is 0 Å². The fourth-order valence-corrected chi connectivity index (χ4v) is 9.55. The van der Waals surface area contributed by atoms with Gasteiger partial charge in [-0.2, -0.15) is 0 Å². The molecule has 0 saturated carbocycles. The Labute approximate surface area is 390 Å². The Hall–Kier alpha value is -8.92. The van der Waals surface area contributed by atoms with Crippen molar-refractivity contribution in [1.29, 1.82) is 0 Å². The number of hydrogen-bond acceptors (Lipinski definition) is 2. The molecule has 3 heteroatoms. The third kappa shape index (κ3) is 7.59. The van der Waals surface area contributed by atoms with E-state index >= 15 is 0 Å². The number of nitrogens with zero attached hydrogens (tertiary/aromatic N) is 3. The lowest BCUT2D eigenvalue weighted by Gasteiger charge is -2.17. The van der Waals surface area contributed by atoms with Crippen molar-refractivity contribution in [2.45, 2.75) is 0 Å². The maximum absolute atomic E-state index is 5.18. The van der Waals surface area contributed by atoms with Crippen LogP contribution in [0, 0.1) is 0 Å². The van der Waals surface area contributed by atoms with Gasteiger partial charge >= 0.3 is 0 Å². The summed E-state index contributed by atoms with van der Waals surface area (Å²) >= 11 is 0. The molecule has 12 aromatic rings. The molecular weight excluding hydrogens is 811 g/mol. The summed E-state index contributed by atoms with van der Waals surface area (Å²) in [5, 5.41) is 2.39. The van der Waals surface area contributed by atoms with Crippen LogP contribution in [-0.2, 0) is 0 Å². The molecule has 0 amide bonds. The predicted molar refractivity (Wildman–Crippen MR) is 280 cm³/mol. The van der Waals surface area contributed by atoms with Crippen molar-refractivity contribution in [2.24, 2.45) is 0 Å². The summed E-state index contributed by atoms with van der Waals surface area (Å²) in [5.41, 5.74) is 19.8.